The van der Waals surface area contributed by atoms with Crippen molar-refractivity contribution in [1.29, 1.82) is 0 Å². The van der Waals surface area contributed by atoms with Gasteiger partial charge in [-0.2, -0.15) is 0 Å². The fourth-order valence-electron chi connectivity index (χ4n) is 4.05. The van der Waals surface area contributed by atoms with Gasteiger partial charge in [-0.25, -0.2) is 0 Å². The Morgan fingerprint density at radius 1 is 0.969 bits per heavy atom. The van der Waals surface area contributed by atoms with Crippen LogP contribution in [0.1, 0.15) is 102 Å². The second kappa shape index (κ2) is 16.7. The third kappa shape index (κ3) is 11.7. The van der Waals surface area contributed by atoms with E-state index in [0.29, 0.717) is 25.9 Å². The van der Waals surface area contributed by atoms with Gasteiger partial charge in [-0.1, -0.05) is 101 Å². The number of carbonyl (C=O) groups excluding carboxylic acids is 2. The first-order valence-corrected chi connectivity index (χ1v) is 12.7. The van der Waals surface area contributed by atoms with Gasteiger partial charge >= 0.3 is 11.9 Å². The minimum Gasteiger partial charge on any atom is -0.458 e. The minimum absolute atomic E-state index is 0.225. The lowest BCUT2D eigenvalue weighted by molar-refractivity contribution is -0.166. The molecule has 1 heterocycles. The maximum atomic E-state index is 12.4. The van der Waals surface area contributed by atoms with Crippen LogP contribution < -0.4 is 0 Å². The Kier molecular flexibility index (Phi) is 13.8. The molecule has 0 aromatic heterocycles. The molecule has 0 bridgehead atoms. The minimum atomic E-state index is -0.537. The van der Waals surface area contributed by atoms with Crippen LogP contribution in [-0.2, 0) is 30.4 Å². The number of carbonyl (C=O) groups is 2. The fourth-order valence-corrected chi connectivity index (χ4v) is 4.05. The highest BCUT2D eigenvalue weighted by Gasteiger charge is 2.33. The van der Waals surface area contributed by atoms with Crippen LogP contribution in [0.3, 0.4) is 0 Å². The predicted molar refractivity (Wildman–Crippen MR) is 126 cm³/mol. The zero-order valence-electron chi connectivity index (χ0n) is 19.9. The van der Waals surface area contributed by atoms with Gasteiger partial charge in [-0.15, -0.1) is 0 Å². The van der Waals surface area contributed by atoms with E-state index in [2.05, 4.69) is 6.92 Å². The predicted octanol–water partition coefficient (Wildman–Crippen LogP) is 6.52. The molecular formula is C27H42O5. The van der Waals surface area contributed by atoms with Gasteiger partial charge in [0.15, 0.2) is 6.10 Å². The summed E-state index contributed by atoms with van der Waals surface area (Å²) in [5.74, 6) is -0.457. The summed E-state index contributed by atoms with van der Waals surface area (Å²) in [6, 6.07) is 9.86. The number of rotatable bonds is 18. The summed E-state index contributed by atoms with van der Waals surface area (Å²) in [5, 5.41) is 0. The third-order valence-corrected chi connectivity index (χ3v) is 5.99. The Bertz CT molecular complexity index is 630. The molecular weight excluding hydrogens is 404 g/mol. The molecule has 1 saturated heterocycles. The molecule has 0 amide bonds. The summed E-state index contributed by atoms with van der Waals surface area (Å²) in [4.78, 5) is 23.9. The summed E-state index contributed by atoms with van der Waals surface area (Å²) in [5.41, 5.74) is 1.06. The quantitative estimate of drug-likeness (QED) is 0.190. The Hall–Kier alpha value is -1.88. The molecule has 2 atom stereocenters. The first kappa shape index (κ1) is 26.4. The normalized spacial score (nSPS) is 16.7. The fraction of sp³-hybridized carbons (Fsp3) is 0.704. The summed E-state index contributed by atoms with van der Waals surface area (Å²) in [7, 11) is 0. The number of benzene rings is 1. The molecule has 0 unspecified atom stereocenters. The Labute approximate surface area is 194 Å². The van der Waals surface area contributed by atoms with Crippen molar-refractivity contribution >= 4 is 11.9 Å². The molecule has 5 heteroatoms. The Balaban J connectivity index is 1.58. The van der Waals surface area contributed by atoms with Crippen LogP contribution in [0.2, 0.25) is 0 Å². The van der Waals surface area contributed by atoms with Crippen molar-refractivity contribution in [2.24, 2.45) is 0 Å². The van der Waals surface area contributed by atoms with Crippen LogP contribution in [0.5, 0.6) is 0 Å². The van der Waals surface area contributed by atoms with Gasteiger partial charge in [0.25, 0.3) is 0 Å². The lowest BCUT2D eigenvalue weighted by atomic mass is 10.1. The van der Waals surface area contributed by atoms with Crippen molar-refractivity contribution in [2.45, 2.75) is 116 Å². The number of unbranched alkanes of at least 4 members (excludes halogenated alkanes) is 10. The summed E-state index contributed by atoms with van der Waals surface area (Å²) in [6.45, 7) is 2.92. The second-order valence-electron chi connectivity index (χ2n) is 8.88. The topological polar surface area (TPSA) is 61.8 Å². The van der Waals surface area contributed by atoms with E-state index < -0.39 is 12.2 Å². The number of esters is 2. The molecule has 5 nitrogen and oxygen atoms in total. The van der Waals surface area contributed by atoms with E-state index in [1.54, 1.807) is 0 Å². The van der Waals surface area contributed by atoms with Gasteiger partial charge in [0.1, 0.15) is 6.10 Å². The van der Waals surface area contributed by atoms with Crippen molar-refractivity contribution in [2.75, 3.05) is 6.61 Å². The van der Waals surface area contributed by atoms with Crippen LogP contribution in [0.4, 0.5) is 0 Å². The van der Waals surface area contributed by atoms with Gasteiger partial charge < -0.3 is 14.2 Å². The molecule has 1 aliphatic rings. The standard InChI is InChI=1S/C27H42O5/c1-2-3-4-5-6-7-8-9-10-11-15-18-26(28)32-25(24-19-20-27(29)31-24)22-30-21-23-16-13-12-14-17-23/h12-14,16-17,24-25H,2-11,15,18-22H2,1H3/t24-,25-/m0/s1. The molecule has 32 heavy (non-hydrogen) atoms. The third-order valence-electron chi connectivity index (χ3n) is 5.99. The summed E-state index contributed by atoms with van der Waals surface area (Å²) in [6.07, 6.45) is 14.1. The average Bonchev–Trinajstić information content (AvgIpc) is 3.23. The van der Waals surface area contributed by atoms with Crippen molar-refractivity contribution in [3.8, 4) is 0 Å². The molecule has 0 spiro atoms. The molecule has 180 valence electrons. The van der Waals surface area contributed by atoms with Crippen LogP contribution in [-0.4, -0.2) is 30.8 Å². The maximum Gasteiger partial charge on any atom is 0.306 e. The van der Waals surface area contributed by atoms with Gasteiger partial charge in [0, 0.05) is 12.8 Å². The Morgan fingerprint density at radius 3 is 2.19 bits per heavy atom. The molecule has 0 saturated carbocycles. The molecule has 0 aliphatic carbocycles. The first-order chi connectivity index (χ1) is 15.7. The van der Waals surface area contributed by atoms with Crippen molar-refractivity contribution in [3.05, 3.63) is 35.9 Å². The zero-order chi connectivity index (χ0) is 22.9. The number of hydrogen-bond donors (Lipinski definition) is 0. The van der Waals surface area contributed by atoms with Crippen LogP contribution in [0, 0.1) is 0 Å². The van der Waals surface area contributed by atoms with Crippen molar-refractivity contribution < 1.29 is 23.8 Å². The highest BCUT2D eigenvalue weighted by molar-refractivity contribution is 5.72. The monoisotopic (exact) mass is 446 g/mol. The smallest absolute Gasteiger partial charge is 0.306 e. The lowest BCUT2D eigenvalue weighted by Crippen LogP contribution is -2.35. The molecule has 1 aliphatic heterocycles. The summed E-state index contributed by atoms with van der Waals surface area (Å²) < 4.78 is 16.8. The van der Waals surface area contributed by atoms with Crippen LogP contribution in [0.25, 0.3) is 0 Å². The largest absolute Gasteiger partial charge is 0.458 e. The highest BCUT2D eigenvalue weighted by atomic mass is 16.6. The second-order valence-corrected chi connectivity index (χ2v) is 8.88. The average molecular weight is 447 g/mol. The SMILES string of the molecule is CCCCCCCCCCCCCC(=O)O[C@@H](COCc1ccccc1)[C@@H]1CCC(=O)O1. The van der Waals surface area contributed by atoms with Crippen LogP contribution in [0.15, 0.2) is 30.3 Å². The summed E-state index contributed by atoms with van der Waals surface area (Å²) >= 11 is 0. The highest BCUT2D eigenvalue weighted by Crippen LogP contribution is 2.21. The number of hydrogen-bond acceptors (Lipinski definition) is 5. The van der Waals surface area contributed by atoms with E-state index in [-0.39, 0.29) is 18.5 Å². The van der Waals surface area contributed by atoms with Crippen molar-refractivity contribution in [1.82, 2.24) is 0 Å². The number of ether oxygens (including phenoxy) is 3. The van der Waals surface area contributed by atoms with E-state index >= 15 is 0 Å². The molecule has 1 aromatic carbocycles. The lowest BCUT2D eigenvalue weighted by Gasteiger charge is -2.23. The van der Waals surface area contributed by atoms with E-state index in [9.17, 15) is 9.59 Å². The van der Waals surface area contributed by atoms with Crippen molar-refractivity contribution in [3.63, 3.8) is 0 Å². The Morgan fingerprint density at radius 2 is 1.59 bits per heavy atom. The maximum absolute atomic E-state index is 12.4. The van der Waals surface area contributed by atoms with Gasteiger partial charge in [0.05, 0.1) is 13.2 Å². The molecule has 2 rings (SSSR count). The van der Waals surface area contributed by atoms with Crippen LogP contribution >= 0.6 is 0 Å². The van der Waals surface area contributed by atoms with Gasteiger partial charge in [-0.05, 0) is 18.4 Å². The van der Waals surface area contributed by atoms with E-state index in [4.69, 9.17) is 14.2 Å². The van der Waals surface area contributed by atoms with E-state index in [1.807, 2.05) is 30.3 Å². The molecule has 0 radical (unpaired) electrons. The van der Waals surface area contributed by atoms with E-state index in [0.717, 1.165) is 18.4 Å². The van der Waals surface area contributed by atoms with E-state index in [1.165, 1.54) is 57.8 Å². The van der Waals surface area contributed by atoms with Gasteiger partial charge in [-0.3, -0.25) is 9.59 Å². The molecule has 1 fully saturated rings. The number of cyclic esters (lactones) is 1. The first-order valence-electron chi connectivity index (χ1n) is 12.7. The van der Waals surface area contributed by atoms with Gasteiger partial charge in [0.2, 0.25) is 0 Å². The molecule has 1 aromatic rings. The zero-order valence-corrected chi connectivity index (χ0v) is 19.9. The molecule has 0 N–H and O–H groups in total.